The monoisotopic (exact) mass is 470 g/mol. The van der Waals surface area contributed by atoms with Gasteiger partial charge in [-0.15, -0.1) is 0 Å². The molecule has 0 aliphatic carbocycles. The summed E-state index contributed by atoms with van der Waals surface area (Å²) in [5.74, 6) is -1.54. The normalized spacial score (nSPS) is 12.1. The van der Waals surface area contributed by atoms with Crippen molar-refractivity contribution < 1.29 is 27.0 Å². The molecule has 0 spiro atoms. The van der Waals surface area contributed by atoms with Gasteiger partial charge < -0.3 is 15.2 Å². The smallest absolute Gasteiger partial charge is 0.244 e. The molecule has 2 N–H and O–H groups in total. The molecule has 174 valence electrons. The lowest BCUT2D eigenvalue weighted by Gasteiger charge is -2.15. The number of nitrogens with zero attached hydrogens (tertiary/aromatic N) is 3. The summed E-state index contributed by atoms with van der Waals surface area (Å²) in [6.45, 7) is 6.87. The van der Waals surface area contributed by atoms with Gasteiger partial charge in [0.05, 0.1) is 29.6 Å². The predicted octanol–water partition coefficient (Wildman–Crippen LogP) is 4.99. The molecular weight excluding hydrogens is 444 g/mol. The molecular formula is C21H26F4N4O2Si. The first-order chi connectivity index (χ1) is 15.0. The van der Waals surface area contributed by atoms with Crippen molar-refractivity contribution >= 4 is 24.8 Å². The molecule has 0 atom stereocenters. The van der Waals surface area contributed by atoms with Gasteiger partial charge in [0.25, 0.3) is 0 Å². The molecule has 0 saturated carbocycles. The quantitative estimate of drug-likeness (QED) is 0.196. The Morgan fingerprint density at radius 1 is 1.19 bits per heavy atom. The first kappa shape index (κ1) is 24.0. The molecule has 0 saturated heterocycles. The molecule has 2 heterocycles. The van der Waals surface area contributed by atoms with Crippen LogP contribution in [0.4, 0.5) is 23.2 Å². The number of benzene rings is 1. The minimum atomic E-state index is -2.60. The number of alkyl halides is 2. The van der Waals surface area contributed by atoms with E-state index in [4.69, 9.17) is 15.2 Å². The van der Waals surface area contributed by atoms with Crippen molar-refractivity contribution in [1.82, 2.24) is 14.8 Å². The second-order valence-electron chi connectivity index (χ2n) is 8.65. The second-order valence-corrected chi connectivity index (χ2v) is 14.3. The zero-order chi connectivity index (χ0) is 23.5. The van der Waals surface area contributed by atoms with E-state index in [2.05, 4.69) is 29.7 Å². The van der Waals surface area contributed by atoms with E-state index in [1.165, 1.54) is 16.9 Å². The van der Waals surface area contributed by atoms with Crippen LogP contribution in [0.5, 0.6) is 5.75 Å². The average molecular weight is 471 g/mol. The molecule has 3 aromatic rings. The Kier molecular flexibility index (Phi) is 7.39. The summed E-state index contributed by atoms with van der Waals surface area (Å²) in [4.78, 5) is 4.26. The molecule has 1 aromatic carbocycles. The summed E-state index contributed by atoms with van der Waals surface area (Å²) >= 11 is 0. The van der Waals surface area contributed by atoms with Crippen LogP contribution in [0.2, 0.25) is 25.7 Å². The maximum atomic E-state index is 14.1. The molecule has 0 aliphatic heterocycles. The molecule has 0 radical (unpaired) electrons. The summed E-state index contributed by atoms with van der Waals surface area (Å²) in [6.07, 6.45) is -1.83. The fourth-order valence-corrected chi connectivity index (χ4v) is 3.76. The van der Waals surface area contributed by atoms with Crippen LogP contribution in [0, 0.1) is 11.6 Å². The summed E-state index contributed by atoms with van der Waals surface area (Å²) in [5, 5.41) is 4.60. The number of aromatic nitrogens is 3. The van der Waals surface area contributed by atoms with Crippen molar-refractivity contribution in [2.75, 3.05) is 12.3 Å². The van der Waals surface area contributed by atoms with Gasteiger partial charge in [-0.3, -0.25) is 0 Å². The van der Waals surface area contributed by atoms with Crippen molar-refractivity contribution in [3.63, 3.8) is 0 Å². The molecule has 6 nitrogen and oxygen atoms in total. The van der Waals surface area contributed by atoms with E-state index < -0.39 is 39.2 Å². The Hall–Kier alpha value is -2.66. The molecule has 0 bridgehead atoms. The Morgan fingerprint density at radius 3 is 2.62 bits per heavy atom. The topological polar surface area (TPSA) is 75.2 Å². The molecule has 0 aliphatic rings. The molecule has 0 fully saturated rings. The van der Waals surface area contributed by atoms with Gasteiger partial charge in [0.2, 0.25) is 6.43 Å². The van der Waals surface area contributed by atoms with E-state index in [-0.39, 0.29) is 29.4 Å². The van der Waals surface area contributed by atoms with Crippen LogP contribution in [-0.2, 0) is 24.5 Å². The van der Waals surface area contributed by atoms with Gasteiger partial charge in [0.15, 0.2) is 11.5 Å². The third-order valence-electron chi connectivity index (χ3n) is 4.80. The summed E-state index contributed by atoms with van der Waals surface area (Å²) in [6, 6.07) is 4.61. The van der Waals surface area contributed by atoms with Crippen LogP contribution in [-0.4, -0.2) is 35.9 Å². The lowest BCUT2D eigenvalue weighted by molar-refractivity contribution is 0.0803. The third-order valence-corrected chi connectivity index (χ3v) is 6.50. The summed E-state index contributed by atoms with van der Waals surface area (Å²) < 4.78 is 66.7. The van der Waals surface area contributed by atoms with Crippen LogP contribution < -0.4 is 10.5 Å². The van der Waals surface area contributed by atoms with Crippen LogP contribution >= 0.6 is 0 Å². The van der Waals surface area contributed by atoms with E-state index in [1.807, 2.05) is 0 Å². The van der Waals surface area contributed by atoms with Gasteiger partial charge in [0, 0.05) is 20.1 Å². The van der Waals surface area contributed by atoms with Crippen molar-refractivity contribution in [3.8, 4) is 5.75 Å². The van der Waals surface area contributed by atoms with E-state index in [0.717, 1.165) is 18.2 Å². The lowest BCUT2D eigenvalue weighted by atomic mass is 10.2. The summed E-state index contributed by atoms with van der Waals surface area (Å²) in [5.41, 5.74) is 5.45. The number of halogens is 4. The molecule has 11 heteroatoms. The number of rotatable bonds is 10. The average Bonchev–Trinajstić information content (AvgIpc) is 3.04. The molecule has 0 unspecified atom stereocenters. The van der Waals surface area contributed by atoms with Gasteiger partial charge in [0.1, 0.15) is 24.9 Å². The SMILES string of the molecule is C[Si](C)(C)CCOCn1nc(CC(F)F)c2cc(OCc3c(F)ccc(N)c3F)cnc21. The van der Waals surface area contributed by atoms with Gasteiger partial charge in [-0.25, -0.2) is 27.2 Å². The zero-order valence-electron chi connectivity index (χ0n) is 18.2. The number of hydrogen-bond donors (Lipinski definition) is 1. The van der Waals surface area contributed by atoms with Crippen molar-refractivity contribution in [2.24, 2.45) is 0 Å². The number of nitrogens with two attached hydrogens (primary N) is 1. The van der Waals surface area contributed by atoms with E-state index >= 15 is 0 Å². The zero-order valence-corrected chi connectivity index (χ0v) is 19.2. The highest BCUT2D eigenvalue weighted by molar-refractivity contribution is 6.76. The molecule has 0 amide bonds. The standard InChI is InChI=1S/C21H26F4N4O2Si/c1-32(2,3)7-6-30-12-29-21-14(18(28-29)9-19(23)24)8-13(10-27-21)31-11-15-16(22)4-5-17(26)20(15)25/h4-5,8,10,19H,6-7,9,11-12,26H2,1-3H3. The van der Waals surface area contributed by atoms with Crippen molar-refractivity contribution in [3.05, 3.63) is 47.3 Å². The number of hydrogen-bond acceptors (Lipinski definition) is 5. The Labute approximate surface area is 184 Å². The largest absolute Gasteiger partial charge is 0.487 e. The highest BCUT2D eigenvalue weighted by Gasteiger charge is 2.19. The van der Waals surface area contributed by atoms with Crippen LogP contribution in [0.1, 0.15) is 11.3 Å². The maximum Gasteiger partial charge on any atom is 0.244 e. The Bertz CT molecular complexity index is 1090. The van der Waals surface area contributed by atoms with Gasteiger partial charge >= 0.3 is 0 Å². The number of fused-ring (bicyclic) bond motifs is 1. The third kappa shape index (κ3) is 5.97. The van der Waals surface area contributed by atoms with Crippen molar-refractivity contribution in [2.45, 2.75) is 51.9 Å². The number of nitrogen functional groups attached to an aromatic ring is 1. The van der Waals surface area contributed by atoms with E-state index in [0.29, 0.717) is 17.6 Å². The molecule has 2 aromatic heterocycles. The highest BCUT2D eigenvalue weighted by atomic mass is 28.3. The van der Waals surface area contributed by atoms with E-state index in [1.54, 1.807) is 0 Å². The fraction of sp³-hybridized carbons (Fsp3) is 0.429. The van der Waals surface area contributed by atoms with Gasteiger partial charge in [-0.05, 0) is 24.2 Å². The van der Waals surface area contributed by atoms with E-state index in [9.17, 15) is 17.6 Å². The number of pyridine rings is 1. The lowest BCUT2D eigenvalue weighted by Crippen LogP contribution is -2.22. The van der Waals surface area contributed by atoms with Crippen LogP contribution in [0.3, 0.4) is 0 Å². The van der Waals surface area contributed by atoms with Crippen LogP contribution in [0.25, 0.3) is 11.0 Å². The first-order valence-electron chi connectivity index (χ1n) is 10.1. The second kappa shape index (κ2) is 9.86. The Morgan fingerprint density at radius 2 is 1.94 bits per heavy atom. The Balaban J connectivity index is 1.81. The minimum absolute atomic E-state index is 0.0805. The maximum absolute atomic E-state index is 14.1. The van der Waals surface area contributed by atoms with Gasteiger partial charge in [-0.2, -0.15) is 5.10 Å². The highest BCUT2D eigenvalue weighted by Crippen LogP contribution is 2.26. The first-order valence-corrected chi connectivity index (χ1v) is 13.8. The predicted molar refractivity (Wildman–Crippen MR) is 116 cm³/mol. The number of anilines is 1. The van der Waals surface area contributed by atoms with Gasteiger partial charge in [-0.1, -0.05) is 19.6 Å². The summed E-state index contributed by atoms with van der Waals surface area (Å²) in [7, 11) is -1.27. The minimum Gasteiger partial charge on any atom is -0.487 e. The van der Waals surface area contributed by atoms with Crippen LogP contribution in [0.15, 0.2) is 24.4 Å². The fourth-order valence-electron chi connectivity index (χ4n) is 3.00. The molecule has 32 heavy (non-hydrogen) atoms. The number of ether oxygens (including phenoxy) is 2. The van der Waals surface area contributed by atoms with Crippen molar-refractivity contribution in [1.29, 1.82) is 0 Å². The molecule has 3 rings (SSSR count).